The van der Waals surface area contributed by atoms with Crippen LogP contribution in [0.1, 0.15) is 12.5 Å². The number of ether oxygens (including phenoxy) is 1. The summed E-state index contributed by atoms with van der Waals surface area (Å²) in [6.45, 7) is 4.40. The van der Waals surface area contributed by atoms with Gasteiger partial charge in [0.2, 0.25) is 0 Å². The molecule has 1 saturated heterocycles. The van der Waals surface area contributed by atoms with Gasteiger partial charge in [-0.25, -0.2) is 13.6 Å². The molecule has 2 rings (SSSR count). The van der Waals surface area contributed by atoms with E-state index in [9.17, 15) is 13.6 Å². The van der Waals surface area contributed by atoms with Crippen LogP contribution in [-0.2, 0) is 15.1 Å². The predicted molar refractivity (Wildman–Crippen MR) is 70.2 cm³/mol. The molecule has 1 aromatic rings. The summed E-state index contributed by atoms with van der Waals surface area (Å²) in [5, 5.41) is 3.19. The van der Waals surface area contributed by atoms with Crippen molar-refractivity contribution in [2.75, 3.05) is 33.3 Å². The summed E-state index contributed by atoms with van der Waals surface area (Å²) in [4.78, 5) is 14.1. The average Bonchev–Trinajstić information content (AvgIpc) is 2.49. The molecule has 1 aliphatic rings. The lowest BCUT2D eigenvalue weighted by atomic mass is 9.89. The first-order valence-electron chi connectivity index (χ1n) is 6.50. The highest BCUT2D eigenvalue weighted by molar-refractivity contribution is 5.82. The second kappa shape index (κ2) is 5.85. The van der Waals surface area contributed by atoms with Crippen molar-refractivity contribution in [2.24, 2.45) is 0 Å². The van der Waals surface area contributed by atoms with Gasteiger partial charge in [-0.3, -0.25) is 4.90 Å². The molecule has 1 N–H and O–H groups in total. The molecule has 0 spiro atoms. The first-order valence-corrected chi connectivity index (χ1v) is 6.50. The summed E-state index contributed by atoms with van der Waals surface area (Å²) < 4.78 is 31.5. The van der Waals surface area contributed by atoms with Crippen LogP contribution in [0.2, 0.25) is 0 Å². The molecule has 1 fully saturated rings. The number of carbonyl (C=O) groups excluding carboxylic acids is 1. The number of benzene rings is 1. The largest absolute Gasteiger partial charge is 0.467 e. The van der Waals surface area contributed by atoms with Gasteiger partial charge in [-0.1, -0.05) is 6.07 Å². The van der Waals surface area contributed by atoms with E-state index >= 15 is 0 Å². The number of halogens is 2. The Kier molecular flexibility index (Phi) is 4.35. The number of carbonyl (C=O) groups is 1. The van der Waals surface area contributed by atoms with E-state index in [1.165, 1.54) is 13.2 Å². The van der Waals surface area contributed by atoms with Crippen LogP contribution in [0.25, 0.3) is 0 Å². The van der Waals surface area contributed by atoms with Crippen LogP contribution >= 0.6 is 0 Å². The number of nitrogens with one attached hydrogen (secondary N) is 1. The van der Waals surface area contributed by atoms with Gasteiger partial charge >= 0.3 is 5.97 Å². The number of hydrogen-bond acceptors (Lipinski definition) is 4. The van der Waals surface area contributed by atoms with Crippen LogP contribution in [0.3, 0.4) is 0 Å². The average molecular weight is 284 g/mol. The van der Waals surface area contributed by atoms with Crippen molar-refractivity contribution in [1.82, 2.24) is 10.2 Å². The molecule has 1 heterocycles. The zero-order valence-corrected chi connectivity index (χ0v) is 11.6. The third-order valence-corrected chi connectivity index (χ3v) is 3.81. The quantitative estimate of drug-likeness (QED) is 0.849. The molecule has 0 aliphatic carbocycles. The zero-order chi connectivity index (χ0) is 14.8. The molecule has 1 aliphatic heterocycles. The second-order valence-corrected chi connectivity index (χ2v) is 4.93. The minimum Gasteiger partial charge on any atom is -0.467 e. The minimum atomic E-state index is -1.12. The molecule has 0 amide bonds. The number of esters is 1. The number of rotatable bonds is 3. The van der Waals surface area contributed by atoms with Crippen molar-refractivity contribution in [3.8, 4) is 0 Å². The monoisotopic (exact) mass is 284 g/mol. The predicted octanol–water partition coefficient (Wildman–Crippen LogP) is 1.26. The van der Waals surface area contributed by atoms with Crippen LogP contribution < -0.4 is 5.32 Å². The molecule has 0 aromatic heterocycles. The lowest BCUT2D eigenvalue weighted by molar-refractivity contribution is -0.155. The summed E-state index contributed by atoms with van der Waals surface area (Å²) in [5.41, 5.74) is -0.726. The van der Waals surface area contributed by atoms with Crippen LogP contribution in [0.5, 0.6) is 0 Å². The SMILES string of the molecule is COC(=O)C(C)(c1ccc(F)c(F)c1)N1CCNCC1. The van der Waals surface area contributed by atoms with Crippen molar-refractivity contribution in [3.05, 3.63) is 35.4 Å². The normalized spacial score (nSPS) is 19.4. The van der Waals surface area contributed by atoms with E-state index in [-0.39, 0.29) is 0 Å². The molecule has 1 atom stereocenters. The van der Waals surface area contributed by atoms with Gasteiger partial charge in [0, 0.05) is 26.2 Å². The molecule has 1 unspecified atom stereocenters. The van der Waals surface area contributed by atoms with E-state index in [0.717, 1.165) is 25.2 Å². The summed E-state index contributed by atoms with van der Waals surface area (Å²) in [6.07, 6.45) is 0. The Morgan fingerprint density at radius 3 is 2.50 bits per heavy atom. The van der Waals surface area contributed by atoms with Crippen molar-refractivity contribution in [3.63, 3.8) is 0 Å². The Morgan fingerprint density at radius 2 is 1.95 bits per heavy atom. The third-order valence-electron chi connectivity index (χ3n) is 3.81. The molecule has 6 heteroatoms. The van der Waals surface area contributed by atoms with Gasteiger partial charge in [-0.2, -0.15) is 0 Å². The Bertz CT molecular complexity index is 504. The van der Waals surface area contributed by atoms with E-state index in [1.54, 1.807) is 6.92 Å². The number of nitrogens with zero attached hydrogens (tertiary/aromatic N) is 1. The summed E-state index contributed by atoms with van der Waals surface area (Å²) in [7, 11) is 1.29. The standard InChI is InChI=1S/C14H18F2N2O2/c1-14(13(19)20-2,18-7-5-17-6-8-18)10-3-4-11(15)12(16)9-10/h3-4,9,17H,5-8H2,1-2H3. The lowest BCUT2D eigenvalue weighted by Crippen LogP contribution is -2.57. The molecule has 0 radical (unpaired) electrons. The van der Waals surface area contributed by atoms with Gasteiger partial charge in [0.05, 0.1) is 7.11 Å². The van der Waals surface area contributed by atoms with Crippen LogP contribution in [0.15, 0.2) is 18.2 Å². The zero-order valence-electron chi connectivity index (χ0n) is 11.6. The van der Waals surface area contributed by atoms with Crippen molar-refractivity contribution in [2.45, 2.75) is 12.5 Å². The van der Waals surface area contributed by atoms with Gasteiger partial charge < -0.3 is 10.1 Å². The highest BCUT2D eigenvalue weighted by Crippen LogP contribution is 2.31. The van der Waals surface area contributed by atoms with Gasteiger partial charge in [-0.15, -0.1) is 0 Å². The highest BCUT2D eigenvalue weighted by Gasteiger charge is 2.43. The van der Waals surface area contributed by atoms with E-state index in [2.05, 4.69) is 5.32 Å². The fourth-order valence-electron chi connectivity index (χ4n) is 2.54. The molecule has 0 bridgehead atoms. The molecule has 0 saturated carbocycles. The maximum absolute atomic E-state index is 13.5. The Labute approximate surface area is 116 Å². The fraction of sp³-hybridized carbons (Fsp3) is 0.500. The van der Waals surface area contributed by atoms with Crippen LogP contribution in [0, 0.1) is 11.6 Å². The lowest BCUT2D eigenvalue weighted by Gasteiger charge is -2.41. The van der Waals surface area contributed by atoms with Crippen LogP contribution in [0.4, 0.5) is 8.78 Å². The van der Waals surface area contributed by atoms with E-state index in [0.29, 0.717) is 18.7 Å². The molecular weight excluding hydrogens is 266 g/mol. The molecule has 110 valence electrons. The van der Waals surface area contributed by atoms with Crippen molar-refractivity contribution < 1.29 is 18.3 Å². The second-order valence-electron chi connectivity index (χ2n) is 4.93. The Morgan fingerprint density at radius 1 is 1.30 bits per heavy atom. The van der Waals surface area contributed by atoms with E-state index in [4.69, 9.17) is 4.74 Å². The summed E-state index contributed by atoms with van der Waals surface area (Å²) in [5.74, 6) is -2.38. The van der Waals surface area contributed by atoms with Crippen LogP contribution in [-0.4, -0.2) is 44.2 Å². The summed E-state index contributed by atoms with van der Waals surface area (Å²) in [6, 6.07) is 3.53. The van der Waals surface area contributed by atoms with Crippen molar-refractivity contribution >= 4 is 5.97 Å². The Balaban J connectivity index is 2.44. The molecular formula is C14H18F2N2O2. The third kappa shape index (κ3) is 2.53. The van der Waals surface area contributed by atoms with Gasteiger partial charge in [0.1, 0.15) is 5.54 Å². The van der Waals surface area contributed by atoms with Gasteiger partial charge in [0.25, 0.3) is 0 Å². The van der Waals surface area contributed by atoms with Gasteiger partial charge in [-0.05, 0) is 24.6 Å². The van der Waals surface area contributed by atoms with Crippen molar-refractivity contribution in [1.29, 1.82) is 0 Å². The molecule has 1 aromatic carbocycles. The number of methoxy groups -OCH3 is 1. The number of piperazine rings is 1. The fourth-order valence-corrected chi connectivity index (χ4v) is 2.54. The maximum Gasteiger partial charge on any atom is 0.330 e. The molecule has 20 heavy (non-hydrogen) atoms. The topological polar surface area (TPSA) is 41.6 Å². The van der Waals surface area contributed by atoms with E-state index in [1.807, 2.05) is 4.90 Å². The number of hydrogen-bond donors (Lipinski definition) is 1. The summed E-state index contributed by atoms with van der Waals surface area (Å²) >= 11 is 0. The highest BCUT2D eigenvalue weighted by atomic mass is 19.2. The minimum absolute atomic E-state index is 0.394. The Hall–Kier alpha value is -1.53. The first kappa shape index (κ1) is 14.9. The van der Waals surface area contributed by atoms with Gasteiger partial charge in [0.15, 0.2) is 11.6 Å². The smallest absolute Gasteiger partial charge is 0.330 e. The maximum atomic E-state index is 13.5. The molecule has 4 nitrogen and oxygen atoms in total. The first-order chi connectivity index (χ1) is 9.50. The van der Waals surface area contributed by atoms with E-state index < -0.39 is 23.1 Å².